The fourth-order valence-electron chi connectivity index (χ4n) is 3.71. The number of hydrogen-bond acceptors (Lipinski definition) is 3. The van der Waals surface area contributed by atoms with Crippen molar-refractivity contribution in [3.8, 4) is 0 Å². The van der Waals surface area contributed by atoms with Crippen LogP contribution in [0.2, 0.25) is 0 Å². The summed E-state index contributed by atoms with van der Waals surface area (Å²) in [7, 11) is 0. The Morgan fingerprint density at radius 3 is 2.37 bits per heavy atom. The van der Waals surface area contributed by atoms with Gasteiger partial charge in [0.1, 0.15) is 0 Å². The quantitative estimate of drug-likeness (QED) is 0.592. The SMILES string of the molecule is CCn1c(=O)n(CC(O)Cn2cnc3cc(C)c(C)cc32)c2ccccc21. The zero-order chi connectivity index (χ0) is 19.1. The van der Waals surface area contributed by atoms with Gasteiger partial charge in [-0.15, -0.1) is 0 Å². The van der Waals surface area contributed by atoms with E-state index in [0.717, 1.165) is 22.1 Å². The fraction of sp³-hybridized carbons (Fsp3) is 0.333. The number of hydrogen-bond donors (Lipinski definition) is 1. The van der Waals surface area contributed by atoms with Crippen molar-refractivity contribution in [2.75, 3.05) is 0 Å². The van der Waals surface area contributed by atoms with Crippen LogP contribution in [0.3, 0.4) is 0 Å². The van der Waals surface area contributed by atoms with Crippen LogP contribution in [0.25, 0.3) is 22.1 Å². The molecule has 4 rings (SSSR count). The summed E-state index contributed by atoms with van der Waals surface area (Å²) in [5.41, 5.74) is 5.99. The second kappa shape index (κ2) is 6.70. The number of benzene rings is 2. The van der Waals surface area contributed by atoms with Crippen LogP contribution < -0.4 is 5.69 Å². The van der Waals surface area contributed by atoms with Gasteiger partial charge in [0.15, 0.2) is 0 Å². The van der Waals surface area contributed by atoms with Gasteiger partial charge in [0.2, 0.25) is 0 Å². The lowest BCUT2D eigenvalue weighted by Crippen LogP contribution is -2.30. The van der Waals surface area contributed by atoms with E-state index in [9.17, 15) is 9.90 Å². The van der Waals surface area contributed by atoms with Crippen molar-refractivity contribution in [3.05, 3.63) is 64.3 Å². The Balaban J connectivity index is 1.65. The monoisotopic (exact) mass is 364 g/mol. The molecule has 0 saturated heterocycles. The van der Waals surface area contributed by atoms with E-state index in [0.29, 0.717) is 13.1 Å². The predicted molar refractivity (Wildman–Crippen MR) is 107 cm³/mol. The minimum atomic E-state index is -0.696. The maximum absolute atomic E-state index is 12.7. The molecule has 1 N–H and O–H groups in total. The Bertz CT molecular complexity index is 1180. The van der Waals surface area contributed by atoms with Gasteiger partial charge >= 0.3 is 5.69 Å². The summed E-state index contributed by atoms with van der Waals surface area (Å²) >= 11 is 0. The van der Waals surface area contributed by atoms with Crippen molar-refractivity contribution in [1.82, 2.24) is 18.7 Å². The van der Waals surface area contributed by atoms with E-state index in [4.69, 9.17) is 0 Å². The number of aryl methyl sites for hydroxylation is 3. The molecule has 0 saturated carbocycles. The molecule has 6 nitrogen and oxygen atoms in total. The Morgan fingerprint density at radius 1 is 1.00 bits per heavy atom. The van der Waals surface area contributed by atoms with Gasteiger partial charge in [-0.25, -0.2) is 9.78 Å². The average Bonchev–Trinajstić information content (AvgIpc) is 3.14. The first-order chi connectivity index (χ1) is 13.0. The van der Waals surface area contributed by atoms with Gasteiger partial charge in [-0.3, -0.25) is 9.13 Å². The molecule has 1 atom stereocenters. The van der Waals surface area contributed by atoms with E-state index in [1.165, 1.54) is 11.1 Å². The third kappa shape index (κ3) is 2.96. The maximum Gasteiger partial charge on any atom is 0.329 e. The molecular formula is C21H24N4O2. The number of imidazole rings is 2. The number of aliphatic hydroxyl groups is 1. The van der Waals surface area contributed by atoms with Crippen LogP contribution in [0.4, 0.5) is 0 Å². The Hall–Kier alpha value is -2.86. The van der Waals surface area contributed by atoms with E-state index in [-0.39, 0.29) is 12.2 Å². The molecule has 140 valence electrons. The fourth-order valence-corrected chi connectivity index (χ4v) is 3.71. The molecule has 27 heavy (non-hydrogen) atoms. The highest BCUT2D eigenvalue weighted by Gasteiger charge is 2.16. The predicted octanol–water partition coefficient (Wildman–Crippen LogP) is 2.85. The standard InChI is InChI=1S/C21H24N4O2/c1-4-24-18-7-5-6-8-19(18)25(21(24)27)12-16(26)11-23-13-22-17-9-14(2)15(3)10-20(17)23/h5-10,13,16,26H,4,11-12H2,1-3H3. The van der Waals surface area contributed by atoms with Crippen LogP contribution in [0, 0.1) is 13.8 Å². The van der Waals surface area contributed by atoms with Crippen LogP contribution in [0.15, 0.2) is 47.5 Å². The van der Waals surface area contributed by atoms with E-state index < -0.39 is 6.10 Å². The Labute approximate surface area is 157 Å². The second-order valence-corrected chi connectivity index (χ2v) is 7.10. The number of fused-ring (bicyclic) bond motifs is 2. The van der Waals surface area contributed by atoms with Crippen LogP contribution in [-0.2, 0) is 19.6 Å². The lowest BCUT2D eigenvalue weighted by atomic mass is 10.1. The van der Waals surface area contributed by atoms with E-state index in [1.807, 2.05) is 35.8 Å². The molecule has 6 heteroatoms. The molecule has 0 aliphatic heterocycles. The summed E-state index contributed by atoms with van der Waals surface area (Å²) in [5.74, 6) is 0. The largest absolute Gasteiger partial charge is 0.389 e. The van der Waals surface area contributed by atoms with Gasteiger partial charge in [0.05, 0.1) is 47.6 Å². The molecule has 0 radical (unpaired) electrons. The second-order valence-electron chi connectivity index (χ2n) is 7.10. The summed E-state index contributed by atoms with van der Waals surface area (Å²) in [6.07, 6.45) is 1.06. The van der Waals surface area contributed by atoms with Gasteiger partial charge < -0.3 is 9.67 Å². The zero-order valence-electron chi connectivity index (χ0n) is 15.9. The van der Waals surface area contributed by atoms with Gasteiger partial charge in [0.25, 0.3) is 0 Å². The molecule has 4 aromatic rings. The lowest BCUT2D eigenvalue weighted by molar-refractivity contribution is 0.135. The lowest BCUT2D eigenvalue weighted by Gasteiger charge is -2.13. The average molecular weight is 364 g/mol. The number of aliphatic hydroxyl groups excluding tert-OH is 1. The van der Waals surface area contributed by atoms with Crippen LogP contribution in [0.1, 0.15) is 18.1 Å². The van der Waals surface area contributed by atoms with Gasteiger partial charge in [-0.1, -0.05) is 12.1 Å². The van der Waals surface area contributed by atoms with Crippen molar-refractivity contribution >= 4 is 22.1 Å². The smallest absolute Gasteiger partial charge is 0.329 e. The summed E-state index contributed by atoms with van der Waals surface area (Å²) < 4.78 is 5.36. The van der Waals surface area contributed by atoms with E-state index >= 15 is 0 Å². The summed E-state index contributed by atoms with van der Waals surface area (Å²) in [5, 5.41) is 10.7. The first-order valence-electron chi connectivity index (χ1n) is 9.27. The highest BCUT2D eigenvalue weighted by Crippen LogP contribution is 2.19. The molecule has 2 aromatic carbocycles. The van der Waals surface area contributed by atoms with Crippen molar-refractivity contribution in [2.45, 2.75) is 46.5 Å². The normalized spacial score (nSPS) is 12.9. The Morgan fingerprint density at radius 2 is 1.67 bits per heavy atom. The van der Waals surface area contributed by atoms with Gasteiger partial charge in [0, 0.05) is 6.54 Å². The van der Waals surface area contributed by atoms with Crippen molar-refractivity contribution in [3.63, 3.8) is 0 Å². The molecule has 0 aliphatic carbocycles. The summed E-state index contributed by atoms with van der Waals surface area (Å²) in [6.45, 7) is 7.33. The minimum Gasteiger partial charge on any atom is -0.389 e. The minimum absolute atomic E-state index is 0.0836. The molecule has 0 aliphatic rings. The van der Waals surface area contributed by atoms with Gasteiger partial charge in [-0.2, -0.15) is 0 Å². The molecule has 1 unspecified atom stereocenters. The molecule has 2 heterocycles. The molecule has 0 bridgehead atoms. The van der Waals surface area contributed by atoms with Crippen molar-refractivity contribution in [1.29, 1.82) is 0 Å². The number of rotatable bonds is 5. The number of nitrogens with zero attached hydrogens (tertiary/aromatic N) is 4. The van der Waals surface area contributed by atoms with E-state index in [1.54, 1.807) is 15.5 Å². The topological polar surface area (TPSA) is 65.0 Å². The Kier molecular flexibility index (Phi) is 4.36. The third-order valence-electron chi connectivity index (χ3n) is 5.28. The first kappa shape index (κ1) is 17.5. The van der Waals surface area contributed by atoms with Crippen LogP contribution in [-0.4, -0.2) is 29.9 Å². The number of aromatic nitrogens is 4. The highest BCUT2D eigenvalue weighted by atomic mass is 16.3. The van der Waals surface area contributed by atoms with Crippen LogP contribution >= 0.6 is 0 Å². The van der Waals surface area contributed by atoms with Crippen LogP contribution in [0.5, 0.6) is 0 Å². The summed E-state index contributed by atoms with van der Waals surface area (Å²) in [6, 6.07) is 11.9. The van der Waals surface area contributed by atoms with Crippen molar-refractivity contribution in [2.24, 2.45) is 0 Å². The molecule has 0 spiro atoms. The summed E-state index contributed by atoms with van der Waals surface area (Å²) in [4.78, 5) is 17.2. The molecule has 0 amide bonds. The maximum atomic E-state index is 12.7. The van der Waals surface area contributed by atoms with Crippen molar-refractivity contribution < 1.29 is 5.11 Å². The first-order valence-corrected chi connectivity index (χ1v) is 9.27. The van der Waals surface area contributed by atoms with Gasteiger partial charge in [-0.05, 0) is 56.2 Å². The van der Waals surface area contributed by atoms with E-state index in [2.05, 4.69) is 31.0 Å². The molecule has 0 fully saturated rings. The number of para-hydroxylation sites is 2. The highest BCUT2D eigenvalue weighted by molar-refractivity contribution is 5.77. The molecule has 2 aromatic heterocycles. The third-order valence-corrected chi connectivity index (χ3v) is 5.28. The molecular weight excluding hydrogens is 340 g/mol. The zero-order valence-corrected chi connectivity index (χ0v) is 15.9.